The maximum absolute atomic E-state index is 13.1. The molecule has 1 saturated heterocycles. The first kappa shape index (κ1) is 18.4. The van der Waals surface area contributed by atoms with E-state index in [1.54, 1.807) is 16.3 Å². The lowest BCUT2D eigenvalue weighted by atomic mass is 10.1. The fraction of sp³-hybridized carbons (Fsp3) is 0.667. The molecule has 8 heteroatoms. The molecule has 1 aliphatic heterocycles. The molecule has 26 heavy (non-hydrogen) atoms. The van der Waals surface area contributed by atoms with Gasteiger partial charge in [-0.3, -0.25) is 18.8 Å². The zero-order valence-corrected chi connectivity index (χ0v) is 16.5. The Morgan fingerprint density at radius 1 is 1.08 bits per heavy atom. The fourth-order valence-electron chi connectivity index (χ4n) is 3.56. The molecule has 0 bridgehead atoms. The highest BCUT2D eigenvalue weighted by Crippen LogP contribution is 2.22. The van der Waals surface area contributed by atoms with E-state index < -0.39 is 0 Å². The Balaban J connectivity index is 2.00. The molecule has 1 aliphatic rings. The van der Waals surface area contributed by atoms with Crippen molar-refractivity contribution in [3.8, 4) is 0 Å². The lowest BCUT2D eigenvalue weighted by Crippen LogP contribution is -2.51. The smallest absolute Gasteiger partial charge is 0.281 e. The molecule has 2 aromatic heterocycles. The van der Waals surface area contributed by atoms with Crippen LogP contribution < -0.4 is 10.5 Å². The first-order chi connectivity index (χ1) is 12.2. The van der Waals surface area contributed by atoms with Gasteiger partial charge in [0.05, 0.1) is 5.69 Å². The van der Waals surface area contributed by atoms with Crippen molar-refractivity contribution in [1.29, 1.82) is 0 Å². The maximum atomic E-state index is 13.1. The molecule has 1 amide bonds. The molecule has 0 aliphatic carbocycles. The monoisotopic (exact) mass is 360 g/mol. The van der Waals surface area contributed by atoms with Gasteiger partial charge in [-0.2, -0.15) is 5.10 Å². The molecule has 0 spiro atoms. The van der Waals surface area contributed by atoms with Crippen LogP contribution in [0, 0.1) is 12.8 Å². The van der Waals surface area contributed by atoms with Gasteiger partial charge >= 0.3 is 0 Å². The van der Waals surface area contributed by atoms with Crippen LogP contribution in [0.1, 0.15) is 39.4 Å². The molecule has 0 radical (unpaired) electrons. The van der Waals surface area contributed by atoms with Crippen LogP contribution in [0.2, 0.25) is 0 Å². The van der Waals surface area contributed by atoms with Crippen molar-refractivity contribution in [3.63, 3.8) is 0 Å². The van der Waals surface area contributed by atoms with Gasteiger partial charge in [0.1, 0.15) is 5.52 Å². The minimum atomic E-state index is -0.0659. The van der Waals surface area contributed by atoms with Gasteiger partial charge in [0.2, 0.25) is 11.9 Å². The number of hydrogen-bond donors (Lipinski definition) is 0. The third-order valence-corrected chi connectivity index (χ3v) is 4.92. The van der Waals surface area contributed by atoms with Crippen molar-refractivity contribution in [2.24, 2.45) is 13.0 Å². The highest BCUT2D eigenvalue weighted by Gasteiger charge is 2.27. The predicted octanol–water partition coefficient (Wildman–Crippen LogP) is 1.32. The first-order valence-electron chi connectivity index (χ1n) is 9.22. The zero-order chi connectivity index (χ0) is 19.2. The third-order valence-electron chi connectivity index (χ3n) is 4.92. The molecule has 0 N–H and O–H groups in total. The van der Waals surface area contributed by atoms with Gasteiger partial charge in [-0.05, 0) is 20.8 Å². The van der Waals surface area contributed by atoms with E-state index in [0.717, 1.165) is 5.69 Å². The predicted molar refractivity (Wildman–Crippen MR) is 102 cm³/mol. The molecule has 142 valence electrons. The van der Waals surface area contributed by atoms with Crippen LogP contribution in [-0.2, 0) is 11.8 Å². The molecule has 2 aromatic rings. The lowest BCUT2D eigenvalue weighted by Gasteiger charge is -2.37. The fourth-order valence-corrected chi connectivity index (χ4v) is 3.56. The number of aryl methyl sites for hydroxylation is 2. The topological polar surface area (TPSA) is 76.3 Å². The van der Waals surface area contributed by atoms with Gasteiger partial charge in [-0.15, -0.1) is 0 Å². The summed E-state index contributed by atoms with van der Waals surface area (Å²) in [4.78, 5) is 34.1. The summed E-state index contributed by atoms with van der Waals surface area (Å²) >= 11 is 0. The van der Waals surface area contributed by atoms with Crippen molar-refractivity contribution in [2.75, 3.05) is 31.1 Å². The van der Waals surface area contributed by atoms with Crippen LogP contribution in [0.25, 0.3) is 11.0 Å². The van der Waals surface area contributed by atoms with E-state index in [1.165, 1.54) is 0 Å². The Bertz CT molecular complexity index is 887. The largest absolute Gasteiger partial charge is 0.339 e. The SMILES string of the molecule is Cc1nn(C)c2c(=O)n(C(C)C)c(N3CCN(C(=O)C(C)C)CC3)nc12. The van der Waals surface area contributed by atoms with Gasteiger partial charge in [0, 0.05) is 45.2 Å². The third kappa shape index (κ3) is 2.97. The molecule has 0 unspecified atom stereocenters. The Labute approximate surface area is 153 Å². The summed E-state index contributed by atoms with van der Waals surface area (Å²) in [5.74, 6) is 0.852. The van der Waals surface area contributed by atoms with Crippen LogP contribution in [-0.4, -0.2) is 56.3 Å². The van der Waals surface area contributed by atoms with Gasteiger partial charge in [-0.1, -0.05) is 13.8 Å². The van der Waals surface area contributed by atoms with Crippen LogP contribution in [0.5, 0.6) is 0 Å². The average Bonchev–Trinajstić information content (AvgIpc) is 2.88. The summed E-state index contributed by atoms with van der Waals surface area (Å²) in [5.41, 5.74) is 1.88. The zero-order valence-electron chi connectivity index (χ0n) is 16.5. The summed E-state index contributed by atoms with van der Waals surface area (Å²) in [5, 5.41) is 4.36. The Morgan fingerprint density at radius 2 is 1.69 bits per heavy atom. The molecule has 0 atom stereocenters. The normalized spacial score (nSPS) is 15.5. The molecule has 3 heterocycles. The van der Waals surface area contributed by atoms with Crippen molar-refractivity contribution in [2.45, 2.75) is 40.7 Å². The van der Waals surface area contributed by atoms with Crippen LogP contribution >= 0.6 is 0 Å². The van der Waals surface area contributed by atoms with Crippen LogP contribution in [0.15, 0.2) is 4.79 Å². The molecule has 3 rings (SSSR count). The number of fused-ring (bicyclic) bond motifs is 1. The maximum Gasteiger partial charge on any atom is 0.281 e. The van der Waals surface area contributed by atoms with Crippen LogP contribution in [0.4, 0.5) is 5.95 Å². The minimum Gasteiger partial charge on any atom is -0.339 e. The van der Waals surface area contributed by atoms with Crippen molar-refractivity contribution < 1.29 is 4.79 Å². The summed E-state index contributed by atoms with van der Waals surface area (Å²) in [6, 6.07) is -0.0140. The van der Waals surface area contributed by atoms with Gasteiger partial charge in [0.15, 0.2) is 5.52 Å². The quantitative estimate of drug-likeness (QED) is 0.825. The number of hydrogen-bond acceptors (Lipinski definition) is 5. The second kappa shape index (κ2) is 6.74. The summed E-state index contributed by atoms with van der Waals surface area (Å²) < 4.78 is 3.35. The van der Waals surface area contributed by atoms with E-state index >= 15 is 0 Å². The molecule has 1 fully saturated rings. The highest BCUT2D eigenvalue weighted by molar-refractivity contribution is 5.79. The average molecular weight is 360 g/mol. The van der Waals surface area contributed by atoms with Crippen molar-refractivity contribution in [1.82, 2.24) is 24.2 Å². The number of rotatable bonds is 3. The van der Waals surface area contributed by atoms with Gasteiger partial charge in [-0.25, -0.2) is 4.98 Å². The number of nitrogens with zero attached hydrogens (tertiary/aromatic N) is 6. The standard InChI is InChI=1S/C18H28N6O2/c1-11(2)16(25)22-7-9-23(10-8-22)18-19-14-13(5)20-21(6)15(14)17(26)24(18)12(3)4/h11-12H,7-10H2,1-6H3. The van der Waals surface area contributed by atoms with E-state index in [0.29, 0.717) is 43.2 Å². The number of aromatic nitrogens is 4. The van der Waals surface area contributed by atoms with Crippen molar-refractivity contribution >= 4 is 22.9 Å². The van der Waals surface area contributed by atoms with E-state index in [2.05, 4.69) is 10.00 Å². The first-order valence-corrected chi connectivity index (χ1v) is 9.22. The van der Waals surface area contributed by atoms with E-state index in [-0.39, 0.29) is 23.4 Å². The number of carbonyl (C=O) groups is 1. The minimum absolute atomic E-state index is 0.00270. The van der Waals surface area contributed by atoms with Crippen molar-refractivity contribution in [3.05, 3.63) is 16.0 Å². The summed E-state index contributed by atoms with van der Waals surface area (Å²) in [6.45, 7) is 12.3. The molecule has 8 nitrogen and oxygen atoms in total. The summed E-state index contributed by atoms with van der Waals surface area (Å²) in [7, 11) is 1.78. The Hall–Kier alpha value is -2.38. The summed E-state index contributed by atoms with van der Waals surface area (Å²) in [6.07, 6.45) is 0. The molecule has 0 saturated carbocycles. The van der Waals surface area contributed by atoms with Gasteiger partial charge < -0.3 is 9.80 Å². The highest BCUT2D eigenvalue weighted by atomic mass is 16.2. The van der Waals surface area contributed by atoms with Gasteiger partial charge in [0.25, 0.3) is 5.56 Å². The second-order valence-electron chi connectivity index (χ2n) is 7.55. The van der Waals surface area contributed by atoms with Crippen LogP contribution in [0.3, 0.4) is 0 Å². The Kier molecular flexibility index (Phi) is 4.77. The number of anilines is 1. The van der Waals surface area contributed by atoms with E-state index in [9.17, 15) is 9.59 Å². The number of amides is 1. The van der Waals surface area contributed by atoms with E-state index in [4.69, 9.17) is 4.98 Å². The number of piperazine rings is 1. The second-order valence-corrected chi connectivity index (χ2v) is 7.55. The Morgan fingerprint density at radius 3 is 2.23 bits per heavy atom. The molecular formula is C18H28N6O2. The van der Waals surface area contributed by atoms with E-state index in [1.807, 2.05) is 39.5 Å². The lowest BCUT2D eigenvalue weighted by molar-refractivity contribution is -0.134. The molecule has 0 aromatic carbocycles. The number of carbonyl (C=O) groups excluding carboxylic acids is 1. The molecular weight excluding hydrogens is 332 g/mol.